The summed E-state index contributed by atoms with van der Waals surface area (Å²) in [6, 6.07) is 5.75. The monoisotopic (exact) mass is 491 g/mol. The van der Waals surface area contributed by atoms with Crippen LogP contribution in [0.4, 0.5) is 0 Å². The number of carbonyl (C=O) groups is 1. The highest BCUT2D eigenvalue weighted by molar-refractivity contribution is 9.09. The molecule has 0 amide bonds. The van der Waals surface area contributed by atoms with Gasteiger partial charge in [0.1, 0.15) is 23.1 Å². The maximum Gasteiger partial charge on any atom is 0.310 e. The van der Waals surface area contributed by atoms with Gasteiger partial charge in [-0.25, -0.2) is 4.99 Å². The molecule has 1 saturated heterocycles. The van der Waals surface area contributed by atoms with Crippen LogP contribution in [0.3, 0.4) is 0 Å². The van der Waals surface area contributed by atoms with Crippen molar-refractivity contribution in [3.63, 3.8) is 0 Å². The first-order chi connectivity index (χ1) is 14.7. The van der Waals surface area contributed by atoms with Crippen LogP contribution in [0.25, 0.3) is 0 Å². The molecular weight excluding hydrogens is 462 g/mol. The number of amidine groups is 1. The summed E-state index contributed by atoms with van der Waals surface area (Å²) in [5, 5.41) is 10.2. The Labute approximate surface area is 192 Å². The molecule has 0 aromatic heterocycles. The van der Waals surface area contributed by atoms with E-state index in [-0.39, 0.29) is 0 Å². The Morgan fingerprint density at radius 1 is 1.32 bits per heavy atom. The largest absolute Gasteiger partial charge is 0.497 e. The number of aliphatic carboxylic acids is 1. The lowest BCUT2D eigenvalue weighted by molar-refractivity contribution is -0.148. The van der Waals surface area contributed by atoms with Crippen molar-refractivity contribution in [1.82, 2.24) is 9.80 Å². The standard InChI is InChI=1S/C23H30BrN3O4/c1-16-19(6-5-9-24)31-20-8-7-17(30-4)14-18(20)21(25-16)27-12-10-26(11-13-27)15-23(2,3)22(28)29/h5-8,14H,9-13,15H2,1-4H3,(H,28,29)/b6-5-. The maximum absolute atomic E-state index is 11.5. The van der Waals surface area contributed by atoms with Crippen molar-refractivity contribution in [3.8, 4) is 11.5 Å². The third-order valence-corrected chi connectivity index (χ3v) is 5.88. The molecule has 1 N–H and O–H groups in total. The number of hydrogen-bond donors (Lipinski definition) is 1. The smallest absolute Gasteiger partial charge is 0.310 e. The number of hydrogen-bond acceptors (Lipinski definition) is 6. The molecule has 31 heavy (non-hydrogen) atoms. The third kappa shape index (κ3) is 5.49. The molecule has 8 heteroatoms. The van der Waals surface area contributed by atoms with E-state index in [4.69, 9.17) is 14.5 Å². The number of benzene rings is 1. The second-order valence-electron chi connectivity index (χ2n) is 8.36. The SMILES string of the molecule is COc1ccc2c(c1)C(N1CCN(CC(C)(C)C(=O)O)CC1)=NC(C)=C(/C=C\CBr)O2. The number of ether oxygens (including phenoxy) is 2. The Hall–Kier alpha value is -2.32. The van der Waals surface area contributed by atoms with Gasteiger partial charge < -0.3 is 19.5 Å². The maximum atomic E-state index is 11.5. The minimum absolute atomic E-state index is 0.524. The van der Waals surface area contributed by atoms with Gasteiger partial charge in [0.15, 0.2) is 0 Å². The Kier molecular flexibility index (Phi) is 7.43. The number of rotatable bonds is 6. The third-order valence-electron chi connectivity index (χ3n) is 5.51. The van der Waals surface area contributed by atoms with Crippen LogP contribution in [0, 0.1) is 5.41 Å². The highest BCUT2D eigenvalue weighted by Crippen LogP contribution is 2.32. The Morgan fingerprint density at radius 2 is 2.03 bits per heavy atom. The number of allylic oxidation sites excluding steroid dienone is 3. The topological polar surface area (TPSA) is 74.6 Å². The molecule has 3 rings (SSSR count). The van der Waals surface area contributed by atoms with Gasteiger partial charge >= 0.3 is 5.97 Å². The van der Waals surface area contributed by atoms with Crippen LogP contribution < -0.4 is 9.47 Å². The van der Waals surface area contributed by atoms with Crippen LogP contribution in [-0.4, -0.2) is 71.9 Å². The number of carboxylic acid groups (broad SMARTS) is 1. The summed E-state index contributed by atoms with van der Waals surface area (Å²) in [6.07, 6.45) is 3.90. The predicted octanol–water partition coefficient (Wildman–Crippen LogP) is 3.75. The fourth-order valence-electron chi connectivity index (χ4n) is 3.66. The molecule has 0 spiro atoms. The summed E-state index contributed by atoms with van der Waals surface area (Å²) in [5.41, 5.74) is 0.920. The summed E-state index contributed by atoms with van der Waals surface area (Å²) in [6.45, 7) is 9.07. The van der Waals surface area contributed by atoms with Gasteiger partial charge in [-0.05, 0) is 45.0 Å². The number of methoxy groups -OCH3 is 1. The van der Waals surface area contributed by atoms with Crippen LogP contribution >= 0.6 is 15.9 Å². The molecule has 2 aliphatic rings. The average molecular weight is 492 g/mol. The summed E-state index contributed by atoms with van der Waals surface area (Å²) in [5.74, 6) is 2.27. The van der Waals surface area contributed by atoms with Crippen LogP contribution in [0.15, 0.2) is 46.8 Å². The first-order valence-corrected chi connectivity index (χ1v) is 11.5. The number of fused-ring (bicyclic) bond motifs is 1. The minimum atomic E-state index is -0.772. The lowest BCUT2D eigenvalue weighted by Crippen LogP contribution is -2.52. The van der Waals surface area contributed by atoms with Crippen LogP contribution in [0.5, 0.6) is 11.5 Å². The molecule has 0 unspecified atom stereocenters. The zero-order valence-corrected chi connectivity index (χ0v) is 20.1. The average Bonchev–Trinajstić information content (AvgIpc) is 2.88. The molecule has 0 bridgehead atoms. The highest BCUT2D eigenvalue weighted by Gasteiger charge is 2.32. The van der Waals surface area contributed by atoms with Gasteiger partial charge in [0, 0.05) is 38.1 Å². The van der Waals surface area contributed by atoms with Gasteiger partial charge in [-0.1, -0.05) is 22.0 Å². The number of carboxylic acids is 1. The van der Waals surface area contributed by atoms with Gasteiger partial charge in [0.25, 0.3) is 0 Å². The zero-order chi connectivity index (χ0) is 22.6. The molecule has 2 aliphatic heterocycles. The van der Waals surface area contributed by atoms with Crippen molar-refractivity contribution >= 4 is 27.7 Å². The number of nitrogens with zero attached hydrogens (tertiary/aromatic N) is 3. The van der Waals surface area contributed by atoms with Crippen LogP contribution in [0.2, 0.25) is 0 Å². The van der Waals surface area contributed by atoms with Crippen LogP contribution in [-0.2, 0) is 4.79 Å². The Balaban J connectivity index is 1.88. The van der Waals surface area contributed by atoms with Gasteiger partial charge in [-0.2, -0.15) is 0 Å². The van der Waals surface area contributed by atoms with E-state index in [1.165, 1.54) is 0 Å². The van der Waals surface area contributed by atoms with Crippen LogP contribution in [0.1, 0.15) is 26.3 Å². The van der Waals surface area contributed by atoms with Crippen molar-refractivity contribution in [2.45, 2.75) is 20.8 Å². The molecule has 1 aromatic carbocycles. The minimum Gasteiger partial charge on any atom is -0.497 e. The quantitative estimate of drug-likeness (QED) is 0.610. The number of halogens is 1. The Bertz CT molecular complexity index is 915. The van der Waals surface area contributed by atoms with E-state index in [0.717, 1.165) is 60.1 Å². The molecule has 1 aromatic rings. The van der Waals surface area contributed by atoms with Crippen molar-refractivity contribution in [1.29, 1.82) is 0 Å². The molecule has 0 saturated carbocycles. The van der Waals surface area contributed by atoms with Gasteiger partial charge in [-0.15, -0.1) is 0 Å². The fraction of sp³-hybridized carbons (Fsp3) is 0.478. The van der Waals surface area contributed by atoms with Gasteiger partial charge in [0.2, 0.25) is 0 Å². The molecular formula is C23H30BrN3O4. The summed E-state index contributed by atoms with van der Waals surface area (Å²) in [7, 11) is 1.65. The van der Waals surface area contributed by atoms with Gasteiger partial charge in [0.05, 0.1) is 23.8 Å². The van der Waals surface area contributed by atoms with E-state index in [2.05, 4.69) is 25.7 Å². The number of alkyl halides is 1. The summed E-state index contributed by atoms with van der Waals surface area (Å²) in [4.78, 5) is 20.9. The van der Waals surface area contributed by atoms with E-state index in [1.54, 1.807) is 21.0 Å². The van der Waals surface area contributed by atoms with Gasteiger partial charge in [-0.3, -0.25) is 9.69 Å². The Morgan fingerprint density at radius 3 is 2.65 bits per heavy atom. The second kappa shape index (κ2) is 9.87. The lowest BCUT2D eigenvalue weighted by Gasteiger charge is -2.39. The molecule has 2 heterocycles. The lowest BCUT2D eigenvalue weighted by atomic mass is 9.93. The number of aliphatic imine (C=N–C) groups is 1. The first kappa shape index (κ1) is 23.3. The molecule has 0 radical (unpaired) electrons. The van der Waals surface area contributed by atoms with Crippen molar-refractivity contribution in [2.24, 2.45) is 10.4 Å². The summed E-state index contributed by atoms with van der Waals surface area (Å²) < 4.78 is 11.6. The summed E-state index contributed by atoms with van der Waals surface area (Å²) >= 11 is 3.41. The predicted molar refractivity (Wildman–Crippen MR) is 125 cm³/mol. The second-order valence-corrected chi connectivity index (χ2v) is 9.01. The van der Waals surface area contributed by atoms with E-state index >= 15 is 0 Å². The van der Waals surface area contributed by atoms with Crippen molar-refractivity contribution in [3.05, 3.63) is 47.4 Å². The molecule has 0 aliphatic carbocycles. The fourth-order valence-corrected chi connectivity index (χ4v) is 3.84. The first-order valence-electron chi connectivity index (χ1n) is 10.3. The highest BCUT2D eigenvalue weighted by atomic mass is 79.9. The molecule has 1 fully saturated rings. The van der Waals surface area contributed by atoms with E-state index in [9.17, 15) is 9.90 Å². The number of piperazine rings is 1. The van der Waals surface area contributed by atoms with E-state index in [1.807, 2.05) is 37.3 Å². The molecule has 0 atom stereocenters. The molecule has 7 nitrogen and oxygen atoms in total. The van der Waals surface area contributed by atoms with E-state index in [0.29, 0.717) is 12.3 Å². The zero-order valence-electron chi connectivity index (χ0n) is 18.5. The molecule has 168 valence electrons. The van der Waals surface area contributed by atoms with Crippen molar-refractivity contribution in [2.75, 3.05) is 45.2 Å². The van der Waals surface area contributed by atoms with Crippen molar-refractivity contribution < 1.29 is 19.4 Å². The van der Waals surface area contributed by atoms with E-state index < -0.39 is 11.4 Å². The normalized spacial score (nSPS) is 17.8.